The molecule has 0 radical (unpaired) electrons. The van der Waals surface area contributed by atoms with Crippen LogP contribution < -0.4 is 10.9 Å². The Bertz CT molecular complexity index is 1390. The summed E-state index contributed by atoms with van der Waals surface area (Å²) in [4.78, 5) is 30.2. The van der Waals surface area contributed by atoms with Crippen LogP contribution in [0.5, 0.6) is 0 Å². The lowest BCUT2D eigenvalue weighted by molar-refractivity contribution is 0.0736. The second kappa shape index (κ2) is 8.80. The Kier molecular flexibility index (Phi) is 5.70. The summed E-state index contributed by atoms with van der Waals surface area (Å²) >= 11 is 6.36. The molecule has 2 aromatic carbocycles. The van der Waals surface area contributed by atoms with Gasteiger partial charge in [0.25, 0.3) is 11.5 Å². The van der Waals surface area contributed by atoms with Gasteiger partial charge in [-0.05, 0) is 54.4 Å². The molecule has 5 rings (SSSR count). The Morgan fingerprint density at radius 3 is 2.61 bits per heavy atom. The van der Waals surface area contributed by atoms with Crippen LogP contribution in [0.2, 0.25) is 5.02 Å². The predicted octanol–water partition coefficient (Wildman–Crippen LogP) is 3.04. The first-order valence-electron chi connectivity index (χ1n) is 10.9. The van der Waals surface area contributed by atoms with E-state index in [9.17, 15) is 9.59 Å². The number of hydrogen-bond acceptors (Lipinski definition) is 5. The number of piperazine rings is 1. The molecule has 1 aliphatic heterocycles. The fourth-order valence-corrected chi connectivity index (χ4v) is 4.36. The summed E-state index contributed by atoms with van der Waals surface area (Å²) in [5.74, 6) is 0.0231. The molecule has 0 atom stereocenters. The van der Waals surface area contributed by atoms with Gasteiger partial charge in [0.15, 0.2) is 0 Å². The number of aromatic nitrogens is 4. The standard InChI is InChI=1S/C24H23ClN6O2/c1-2-15-13-21-17(12-20(15)25)11-19(23(32)27-21)22-14-31(29-28-22)18-5-3-16(4-6-18)24(33)30-9-7-26-8-10-30/h3-6,11-14,26H,2,7-10H2,1H3,(H,27,32). The molecule has 0 bridgehead atoms. The van der Waals surface area contributed by atoms with Crippen molar-refractivity contribution in [2.24, 2.45) is 0 Å². The zero-order chi connectivity index (χ0) is 22.9. The first-order chi connectivity index (χ1) is 16.0. The van der Waals surface area contributed by atoms with Gasteiger partial charge in [-0.3, -0.25) is 9.59 Å². The largest absolute Gasteiger partial charge is 0.336 e. The molecule has 2 aromatic heterocycles. The molecule has 0 unspecified atom stereocenters. The maximum absolute atomic E-state index is 12.7. The molecule has 8 nitrogen and oxygen atoms in total. The minimum absolute atomic E-state index is 0.0231. The van der Waals surface area contributed by atoms with Crippen molar-refractivity contribution in [3.8, 4) is 16.9 Å². The van der Waals surface area contributed by atoms with Crippen molar-refractivity contribution < 1.29 is 4.79 Å². The van der Waals surface area contributed by atoms with Gasteiger partial charge in [-0.2, -0.15) is 0 Å². The molecule has 0 aliphatic carbocycles. The van der Waals surface area contributed by atoms with Crippen LogP contribution in [0.25, 0.3) is 27.8 Å². The topological polar surface area (TPSA) is 95.9 Å². The number of rotatable bonds is 4. The molecule has 2 N–H and O–H groups in total. The van der Waals surface area contributed by atoms with Crippen molar-refractivity contribution in [2.75, 3.05) is 26.2 Å². The Labute approximate surface area is 195 Å². The molecule has 1 amide bonds. The average Bonchev–Trinajstić information content (AvgIpc) is 3.34. The minimum Gasteiger partial charge on any atom is -0.336 e. The summed E-state index contributed by atoms with van der Waals surface area (Å²) in [5, 5.41) is 13.1. The van der Waals surface area contributed by atoms with E-state index < -0.39 is 0 Å². The molecule has 0 spiro atoms. The molecule has 4 aromatic rings. The van der Waals surface area contributed by atoms with E-state index in [1.54, 1.807) is 29.1 Å². The monoisotopic (exact) mass is 462 g/mol. The summed E-state index contributed by atoms with van der Waals surface area (Å²) in [6.45, 7) is 5.05. The van der Waals surface area contributed by atoms with Crippen molar-refractivity contribution in [1.29, 1.82) is 0 Å². The number of carbonyl (C=O) groups is 1. The first-order valence-corrected chi connectivity index (χ1v) is 11.3. The molecular formula is C24H23ClN6O2. The highest BCUT2D eigenvalue weighted by atomic mass is 35.5. The molecular weight excluding hydrogens is 440 g/mol. The molecule has 1 aliphatic rings. The van der Waals surface area contributed by atoms with E-state index in [2.05, 4.69) is 20.6 Å². The van der Waals surface area contributed by atoms with Gasteiger partial charge in [0, 0.05) is 47.7 Å². The Morgan fingerprint density at radius 1 is 1.12 bits per heavy atom. The number of H-pyrrole nitrogens is 1. The summed E-state index contributed by atoms with van der Waals surface area (Å²) in [7, 11) is 0. The molecule has 1 saturated heterocycles. The van der Waals surface area contributed by atoms with Gasteiger partial charge in [-0.15, -0.1) is 5.10 Å². The number of hydrogen-bond donors (Lipinski definition) is 2. The van der Waals surface area contributed by atoms with Crippen molar-refractivity contribution in [3.63, 3.8) is 0 Å². The number of benzene rings is 2. The first kappa shape index (κ1) is 21.4. The number of fused-ring (bicyclic) bond motifs is 1. The zero-order valence-corrected chi connectivity index (χ0v) is 18.9. The van der Waals surface area contributed by atoms with E-state index in [4.69, 9.17) is 11.6 Å². The second-order valence-corrected chi connectivity index (χ2v) is 8.44. The van der Waals surface area contributed by atoms with Gasteiger partial charge in [0.1, 0.15) is 5.69 Å². The normalized spacial score (nSPS) is 14.1. The number of aromatic amines is 1. The third-order valence-corrected chi connectivity index (χ3v) is 6.30. The van der Waals surface area contributed by atoms with E-state index in [-0.39, 0.29) is 11.5 Å². The van der Waals surface area contributed by atoms with Crippen LogP contribution in [0.15, 0.2) is 53.5 Å². The molecule has 3 heterocycles. The number of halogens is 1. The maximum Gasteiger partial charge on any atom is 0.258 e. The molecule has 9 heteroatoms. The van der Waals surface area contributed by atoms with Gasteiger partial charge < -0.3 is 15.2 Å². The molecule has 0 saturated carbocycles. The van der Waals surface area contributed by atoms with Crippen molar-refractivity contribution in [2.45, 2.75) is 13.3 Å². The minimum atomic E-state index is -0.240. The van der Waals surface area contributed by atoms with Crippen molar-refractivity contribution in [1.82, 2.24) is 30.2 Å². The molecule has 1 fully saturated rings. The highest BCUT2D eigenvalue weighted by Gasteiger charge is 2.18. The molecule has 33 heavy (non-hydrogen) atoms. The Hall–Kier alpha value is -3.49. The zero-order valence-electron chi connectivity index (χ0n) is 18.1. The van der Waals surface area contributed by atoms with E-state index in [1.807, 2.05) is 36.1 Å². The smallest absolute Gasteiger partial charge is 0.258 e. The Balaban J connectivity index is 1.42. The van der Waals surface area contributed by atoms with Gasteiger partial charge in [0.2, 0.25) is 0 Å². The maximum atomic E-state index is 12.7. The van der Waals surface area contributed by atoms with Gasteiger partial charge in [-0.1, -0.05) is 23.7 Å². The summed E-state index contributed by atoms with van der Waals surface area (Å²) in [5.41, 5.74) is 3.73. The lowest BCUT2D eigenvalue weighted by atomic mass is 10.1. The van der Waals surface area contributed by atoms with E-state index >= 15 is 0 Å². The third kappa shape index (κ3) is 4.15. The summed E-state index contributed by atoms with van der Waals surface area (Å²) in [6, 6.07) is 12.8. The summed E-state index contributed by atoms with van der Waals surface area (Å²) < 4.78 is 1.59. The lowest BCUT2D eigenvalue weighted by Gasteiger charge is -2.27. The summed E-state index contributed by atoms with van der Waals surface area (Å²) in [6.07, 6.45) is 2.48. The number of carbonyl (C=O) groups excluding carboxylic acids is 1. The van der Waals surface area contributed by atoms with Gasteiger partial charge >= 0.3 is 0 Å². The number of nitrogens with one attached hydrogen (secondary N) is 2. The number of amides is 1. The fraction of sp³-hybridized carbons (Fsp3) is 0.250. The molecule has 168 valence electrons. The van der Waals surface area contributed by atoms with E-state index in [0.717, 1.165) is 41.7 Å². The second-order valence-electron chi connectivity index (χ2n) is 8.03. The average molecular weight is 463 g/mol. The van der Waals surface area contributed by atoms with Crippen LogP contribution >= 0.6 is 11.6 Å². The SMILES string of the molecule is CCc1cc2[nH]c(=O)c(-c3cn(-c4ccc(C(=O)N5CCNCC5)cc4)nn3)cc2cc1Cl. The van der Waals surface area contributed by atoms with E-state index in [1.165, 1.54) is 0 Å². The van der Waals surface area contributed by atoms with Gasteiger partial charge in [-0.25, -0.2) is 4.68 Å². The Morgan fingerprint density at radius 2 is 1.88 bits per heavy atom. The number of nitrogens with zero attached hydrogens (tertiary/aromatic N) is 4. The number of aryl methyl sites for hydroxylation is 1. The van der Waals surface area contributed by atoms with Crippen LogP contribution in [0.1, 0.15) is 22.8 Å². The predicted molar refractivity (Wildman–Crippen MR) is 128 cm³/mol. The van der Waals surface area contributed by atoms with Crippen molar-refractivity contribution in [3.05, 3.63) is 75.2 Å². The highest BCUT2D eigenvalue weighted by molar-refractivity contribution is 6.32. The van der Waals surface area contributed by atoms with Crippen molar-refractivity contribution >= 4 is 28.4 Å². The quantitative estimate of drug-likeness (QED) is 0.486. The van der Waals surface area contributed by atoms with Crippen LogP contribution in [0.3, 0.4) is 0 Å². The third-order valence-electron chi connectivity index (χ3n) is 5.94. The van der Waals surface area contributed by atoms with Crippen LogP contribution in [-0.2, 0) is 6.42 Å². The number of pyridine rings is 1. The van der Waals surface area contributed by atoms with Crippen LogP contribution in [0, 0.1) is 0 Å². The highest BCUT2D eigenvalue weighted by Crippen LogP contribution is 2.25. The van der Waals surface area contributed by atoms with Crippen LogP contribution in [-0.4, -0.2) is 57.0 Å². The van der Waals surface area contributed by atoms with Crippen LogP contribution in [0.4, 0.5) is 0 Å². The van der Waals surface area contributed by atoms with Gasteiger partial charge in [0.05, 0.1) is 17.4 Å². The van der Waals surface area contributed by atoms with E-state index in [0.29, 0.717) is 34.9 Å². The lowest BCUT2D eigenvalue weighted by Crippen LogP contribution is -2.46. The fourth-order valence-electron chi connectivity index (χ4n) is 4.05.